The lowest BCUT2D eigenvalue weighted by Gasteiger charge is -2.01. The van der Waals surface area contributed by atoms with E-state index in [0.717, 1.165) is 11.1 Å². The fourth-order valence-electron chi connectivity index (χ4n) is 2.92. The lowest BCUT2D eigenvalue weighted by Crippen LogP contribution is -3.00. The molecule has 6 heteroatoms. The second kappa shape index (κ2) is 8.35. The summed E-state index contributed by atoms with van der Waals surface area (Å²) < 4.78 is 25.8. The number of carbonyl (C=O) groups excluding carboxylic acids is 1. The number of ketones is 1. The molecule has 2 heterocycles. The van der Waals surface area contributed by atoms with Gasteiger partial charge >= 0.3 is 0 Å². The van der Waals surface area contributed by atoms with Gasteiger partial charge in [-0.1, -0.05) is 0 Å². The number of halogens is 2. The minimum Gasteiger partial charge on any atom is -1.00 e. The number of carbonyl (C=O) groups is 1. The Balaban J connectivity index is 0.00000225. The number of fused-ring (bicyclic) bond motifs is 1. The number of ether oxygens (including phenoxy) is 2. The van der Waals surface area contributed by atoms with Crippen molar-refractivity contribution in [2.24, 2.45) is 0 Å². The summed E-state index contributed by atoms with van der Waals surface area (Å²) in [5.74, 6) is 1.05. The van der Waals surface area contributed by atoms with Crippen LogP contribution in [0.1, 0.15) is 21.5 Å². The fraction of sp³-hybridized carbons (Fsp3) is 0.0909. The summed E-state index contributed by atoms with van der Waals surface area (Å²) >= 11 is 0. The van der Waals surface area contributed by atoms with Gasteiger partial charge in [0.2, 0.25) is 5.78 Å². The highest BCUT2D eigenvalue weighted by molar-refractivity contribution is 6.14. The number of hydrogen-bond acceptors (Lipinski definition) is 3. The summed E-state index contributed by atoms with van der Waals surface area (Å²) in [5.41, 5.74) is 2.39. The monoisotopic (exact) mass is 441 g/mol. The summed E-state index contributed by atoms with van der Waals surface area (Å²) in [7, 11) is 1.57. The molecular weight excluding hydrogens is 425 g/mol. The van der Waals surface area contributed by atoms with E-state index in [2.05, 4.69) is 0 Å². The van der Waals surface area contributed by atoms with Crippen molar-refractivity contribution < 1.29 is 40.2 Å². The molecule has 28 heavy (non-hydrogen) atoms. The highest BCUT2D eigenvalue weighted by Gasteiger charge is 2.27. The number of pyridine rings is 1. The fourth-order valence-corrected chi connectivity index (χ4v) is 2.92. The molecule has 0 aliphatic carbocycles. The van der Waals surface area contributed by atoms with Gasteiger partial charge in [0.05, 0.1) is 12.7 Å². The second-order valence-corrected chi connectivity index (χ2v) is 6.23. The number of rotatable bonds is 4. The summed E-state index contributed by atoms with van der Waals surface area (Å²) in [6.45, 7) is 0.637. The largest absolute Gasteiger partial charge is 1.00 e. The first-order valence-corrected chi connectivity index (χ1v) is 8.48. The predicted octanol–water partition coefficient (Wildman–Crippen LogP) is 0.790. The van der Waals surface area contributed by atoms with Crippen LogP contribution in [0.5, 0.6) is 11.5 Å². The summed E-state index contributed by atoms with van der Waals surface area (Å²) in [5, 5.41) is 0. The molecule has 0 radical (unpaired) electrons. The maximum Gasteiger partial charge on any atom is 0.231 e. The van der Waals surface area contributed by atoms with Crippen LogP contribution in [0.2, 0.25) is 0 Å². The Hall–Kier alpha value is -2.99. The van der Waals surface area contributed by atoms with Gasteiger partial charge in [0, 0.05) is 23.8 Å². The Morgan fingerprint density at radius 2 is 1.79 bits per heavy atom. The SMILES string of the molecule is COc1ccc2c(c1)O/C(=C\c1cc[n+](Cc3ccc(F)cc3)cc1)C2=O.[Br-]. The first kappa shape index (κ1) is 19.8. The molecule has 1 aliphatic heterocycles. The third-order valence-corrected chi connectivity index (χ3v) is 4.37. The van der Waals surface area contributed by atoms with Gasteiger partial charge in [0.25, 0.3) is 0 Å². The molecule has 1 aromatic heterocycles. The van der Waals surface area contributed by atoms with Crippen LogP contribution < -0.4 is 31.0 Å². The van der Waals surface area contributed by atoms with Crippen molar-refractivity contribution in [3.05, 3.63) is 95.3 Å². The summed E-state index contributed by atoms with van der Waals surface area (Å²) in [4.78, 5) is 12.5. The van der Waals surface area contributed by atoms with Crippen molar-refractivity contribution in [1.29, 1.82) is 0 Å². The molecule has 0 bridgehead atoms. The van der Waals surface area contributed by atoms with Crippen molar-refractivity contribution >= 4 is 11.9 Å². The maximum absolute atomic E-state index is 13.0. The Morgan fingerprint density at radius 1 is 1.07 bits per heavy atom. The third kappa shape index (κ3) is 4.12. The first-order chi connectivity index (χ1) is 13.1. The zero-order chi connectivity index (χ0) is 18.8. The smallest absolute Gasteiger partial charge is 0.231 e. The Morgan fingerprint density at radius 3 is 2.46 bits per heavy atom. The van der Waals surface area contributed by atoms with Gasteiger partial charge in [-0.3, -0.25) is 4.79 Å². The van der Waals surface area contributed by atoms with E-state index in [4.69, 9.17) is 9.47 Å². The van der Waals surface area contributed by atoms with Gasteiger partial charge in [-0.2, -0.15) is 0 Å². The molecule has 4 nitrogen and oxygen atoms in total. The van der Waals surface area contributed by atoms with Crippen LogP contribution in [0.4, 0.5) is 4.39 Å². The number of allylic oxidation sites excluding steroid dienone is 1. The van der Waals surface area contributed by atoms with Crippen molar-refractivity contribution in [3.63, 3.8) is 0 Å². The van der Waals surface area contributed by atoms with Crippen LogP contribution in [0.15, 0.2) is 72.8 Å². The number of Topliss-reactive ketones (excluding diaryl/α,β-unsaturated/α-hetero) is 1. The van der Waals surface area contributed by atoms with E-state index in [1.54, 1.807) is 43.5 Å². The Bertz CT molecular complexity index is 1030. The van der Waals surface area contributed by atoms with Crippen LogP contribution in [-0.4, -0.2) is 12.9 Å². The summed E-state index contributed by atoms with van der Waals surface area (Å²) in [6.07, 6.45) is 5.54. The number of aromatic nitrogens is 1. The number of nitrogens with zero attached hydrogens (tertiary/aromatic N) is 1. The first-order valence-electron chi connectivity index (χ1n) is 8.48. The van der Waals surface area contributed by atoms with Gasteiger partial charge in [-0.25, -0.2) is 8.96 Å². The lowest BCUT2D eigenvalue weighted by atomic mass is 10.1. The zero-order valence-corrected chi connectivity index (χ0v) is 16.6. The van der Waals surface area contributed by atoms with E-state index in [-0.39, 0.29) is 34.3 Å². The zero-order valence-electron chi connectivity index (χ0n) is 15.1. The minimum absolute atomic E-state index is 0. The molecule has 2 aromatic carbocycles. The average molecular weight is 442 g/mol. The van der Waals surface area contributed by atoms with E-state index in [0.29, 0.717) is 23.6 Å². The molecule has 0 unspecified atom stereocenters. The van der Waals surface area contributed by atoms with E-state index in [9.17, 15) is 9.18 Å². The van der Waals surface area contributed by atoms with Crippen LogP contribution >= 0.6 is 0 Å². The van der Waals surface area contributed by atoms with Crippen LogP contribution in [0.25, 0.3) is 6.08 Å². The molecular formula is C22H17BrFNO3. The number of hydrogen-bond donors (Lipinski definition) is 0. The van der Waals surface area contributed by atoms with Gasteiger partial charge in [0.15, 0.2) is 24.7 Å². The van der Waals surface area contributed by atoms with Crippen LogP contribution in [0.3, 0.4) is 0 Å². The van der Waals surface area contributed by atoms with Crippen molar-refractivity contribution in [3.8, 4) is 11.5 Å². The van der Waals surface area contributed by atoms with Crippen molar-refractivity contribution in [2.45, 2.75) is 6.54 Å². The topological polar surface area (TPSA) is 39.4 Å². The summed E-state index contributed by atoms with van der Waals surface area (Å²) in [6, 6.07) is 15.4. The molecule has 0 spiro atoms. The molecule has 142 valence electrons. The molecule has 0 fully saturated rings. The van der Waals surface area contributed by atoms with Gasteiger partial charge in [-0.15, -0.1) is 0 Å². The normalized spacial score (nSPS) is 13.6. The molecule has 0 atom stereocenters. The average Bonchev–Trinajstić information content (AvgIpc) is 3.00. The highest BCUT2D eigenvalue weighted by atomic mass is 79.9. The van der Waals surface area contributed by atoms with Gasteiger partial charge in [-0.05, 0) is 48.0 Å². The Labute approximate surface area is 172 Å². The number of benzene rings is 2. The van der Waals surface area contributed by atoms with E-state index >= 15 is 0 Å². The molecule has 3 aromatic rings. The quantitative estimate of drug-likeness (QED) is 0.443. The minimum atomic E-state index is -0.245. The van der Waals surface area contributed by atoms with E-state index in [1.165, 1.54) is 12.1 Å². The standard InChI is InChI=1S/C22H17FNO3.BrH/c1-26-18-6-7-19-20(13-18)27-21(22(19)25)12-15-8-10-24(11-9-15)14-16-2-4-17(23)5-3-16;/h2-13H,14H2,1H3;1H/q+1;/p-1/b21-12-;. The second-order valence-electron chi connectivity index (χ2n) is 6.23. The van der Waals surface area contributed by atoms with Crippen LogP contribution in [-0.2, 0) is 6.54 Å². The molecule has 0 saturated carbocycles. The Kier molecular flexibility index (Phi) is 5.90. The predicted molar refractivity (Wildman–Crippen MR) is 98.1 cm³/mol. The van der Waals surface area contributed by atoms with E-state index < -0.39 is 0 Å². The molecule has 1 aliphatic rings. The highest BCUT2D eigenvalue weighted by Crippen LogP contribution is 2.34. The van der Waals surface area contributed by atoms with Gasteiger partial charge in [0.1, 0.15) is 17.3 Å². The molecule has 0 N–H and O–H groups in total. The van der Waals surface area contributed by atoms with Crippen molar-refractivity contribution in [2.75, 3.05) is 7.11 Å². The maximum atomic E-state index is 13.0. The third-order valence-electron chi connectivity index (χ3n) is 4.37. The lowest BCUT2D eigenvalue weighted by molar-refractivity contribution is -0.688. The van der Waals surface area contributed by atoms with Gasteiger partial charge < -0.3 is 26.5 Å². The van der Waals surface area contributed by atoms with Crippen LogP contribution in [0, 0.1) is 5.82 Å². The van der Waals surface area contributed by atoms with Crippen molar-refractivity contribution in [1.82, 2.24) is 0 Å². The molecule has 0 amide bonds. The van der Waals surface area contributed by atoms with E-state index in [1.807, 2.05) is 29.1 Å². The number of methoxy groups -OCH3 is 1. The molecule has 4 rings (SSSR count). The molecule has 0 saturated heterocycles.